The van der Waals surface area contributed by atoms with Crippen LogP contribution in [0.2, 0.25) is 0 Å². The third-order valence-electron chi connectivity index (χ3n) is 3.54. The minimum absolute atomic E-state index is 0.0677. The van der Waals surface area contributed by atoms with Crippen LogP contribution in [-0.4, -0.2) is 38.6 Å². The second-order valence-corrected chi connectivity index (χ2v) is 5.55. The molecule has 0 aliphatic rings. The van der Waals surface area contributed by atoms with Crippen molar-refractivity contribution in [1.29, 1.82) is 0 Å². The normalized spacial score (nSPS) is 10.4. The van der Waals surface area contributed by atoms with Gasteiger partial charge in [-0.05, 0) is 43.7 Å². The molecule has 2 rings (SSSR count). The summed E-state index contributed by atoms with van der Waals surface area (Å²) < 4.78 is 21.2. The number of hydrogen-bond donors (Lipinski definition) is 1. The Kier molecular flexibility index (Phi) is 7.70. The number of Topliss-reactive ketones (excluding diaryl/α,β-unsaturated/α-hetero) is 1. The van der Waals surface area contributed by atoms with Gasteiger partial charge in [-0.15, -0.1) is 0 Å². The predicted molar refractivity (Wildman–Crippen MR) is 94.5 cm³/mol. The Labute approximate surface area is 152 Å². The van der Waals surface area contributed by atoms with Crippen LogP contribution in [0.3, 0.4) is 0 Å². The Morgan fingerprint density at radius 2 is 2.04 bits per heavy atom. The molecule has 26 heavy (non-hydrogen) atoms. The number of nitrogens with one attached hydrogen (secondary N) is 1. The summed E-state index contributed by atoms with van der Waals surface area (Å²) in [6.07, 6.45) is 2.28. The average Bonchev–Trinajstić information content (AvgIpc) is 3.16. The van der Waals surface area contributed by atoms with E-state index in [1.165, 1.54) is 14.0 Å². The molecule has 0 aliphatic carbocycles. The van der Waals surface area contributed by atoms with Gasteiger partial charge >= 0.3 is 0 Å². The molecular formula is C19H23NO6. The van der Waals surface area contributed by atoms with Gasteiger partial charge in [0.2, 0.25) is 0 Å². The van der Waals surface area contributed by atoms with E-state index < -0.39 is 0 Å². The molecule has 0 aliphatic heterocycles. The maximum atomic E-state index is 11.8. The monoisotopic (exact) mass is 361 g/mol. The van der Waals surface area contributed by atoms with Gasteiger partial charge in [0.15, 0.2) is 23.9 Å². The van der Waals surface area contributed by atoms with E-state index in [0.29, 0.717) is 43.2 Å². The Morgan fingerprint density at radius 1 is 1.19 bits per heavy atom. The quantitative estimate of drug-likeness (QED) is 0.489. The Morgan fingerprint density at radius 3 is 2.73 bits per heavy atom. The molecule has 0 fully saturated rings. The summed E-state index contributed by atoms with van der Waals surface area (Å²) in [5.41, 5.74) is 0.521. The van der Waals surface area contributed by atoms with E-state index in [4.69, 9.17) is 18.6 Å². The zero-order valence-corrected chi connectivity index (χ0v) is 14.9. The zero-order chi connectivity index (χ0) is 18.8. The lowest BCUT2D eigenvalue weighted by atomic mass is 10.1. The molecular weight excluding hydrogens is 338 g/mol. The van der Waals surface area contributed by atoms with Crippen molar-refractivity contribution in [3.63, 3.8) is 0 Å². The van der Waals surface area contributed by atoms with Gasteiger partial charge in [-0.1, -0.05) is 0 Å². The molecule has 2 aromatic rings. The first kappa shape index (κ1) is 19.5. The van der Waals surface area contributed by atoms with Gasteiger partial charge < -0.3 is 23.9 Å². The Balaban J connectivity index is 1.64. The van der Waals surface area contributed by atoms with Gasteiger partial charge in [0.25, 0.3) is 5.91 Å². The summed E-state index contributed by atoms with van der Waals surface area (Å²) in [7, 11) is 1.48. The van der Waals surface area contributed by atoms with Crippen molar-refractivity contribution in [3.8, 4) is 11.5 Å². The average molecular weight is 361 g/mol. The van der Waals surface area contributed by atoms with Crippen LogP contribution in [0, 0.1) is 0 Å². The predicted octanol–water partition coefficient (Wildman–Crippen LogP) is 2.59. The number of ketones is 1. The lowest BCUT2D eigenvalue weighted by molar-refractivity contribution is -0.123. The van der Waals surface area contributed by atoms with Gasteiger partial charge in [0.1, 0.15) is 12.4 Å². The molecule has 0 saturated carbocycles. The maximum Gasteiger partial charge on any atom is 0.257 e. The third kappa shape index (κ3) is 6.25. The first-order chi connectivity index (χ1) is 12.6. The summed E-state index contributed by atoms with van der Waals surface area (Å²) in [5.74, 6) is 1.29. The highest BCUT2D eigenvalue weighted by Crippen LogP contribution is 2.28. The topological polar surface area (TPSA) is 87.0 Å². The second kappa shape index (κ2) is 10.2. The molecule has 0 unspecified atom stereocenters. The van der Waals surface area contributed by atoms with Crippen LogP contribution in [-0.2, 0) is 16.1 Å². The molecule has 0 radical (unpaired) electrons. The third-order valence-corrected chi connectivity index (χ3v) is 3.54. The number of carbonyl (C=O) groups is 2. The van der Waals surface area contributed by atoms with Crippen LogP contribution < -0.4 is 14.8 Å². The summed E-state index contributed by atoms with van der Waals surface area (Å²) in [6.45, 7) is 2.76. The Bertz CT molecular complexity index is 711. The SMILES string of the molecule is COc1cc(C(C)=O)ccc1OCC(=O)NCCCOCc1ccco1. The maximum absolute atomic E-state index is 11.8. The molecule has 1 heterocycles. The first-order valence-corrected chi connectivity index (χ1v) is 8.28. The Hall–Kier alpha value is -2.80. The summed E-state index contributed by atoms with van der Waals surface area (Å²) in [4.78, 5) is 23.2. The lowest BCUT2D eigenvalue weighted by Gasteiger charge is -2.11. The highest BCUT2D eigenvalue weighted by Gasteiger charge is 2.10. The molecule has 1 N–H and O–H groups in total. The van der Waals surface area contributed by atoms with Crippen molar-refractivity contribution in [2.45, 2.75) is 20.0 Å². The van der Waals surface area contributed by atoms with Crippen LogP contribution in [0.4, 0.5) is 0 Å². The van der Waals surface area contributed by atoms with E-state index in [1.807, 2.05) is 12.1 Å². The molecule has 1 aromatic heterocycles. The second-order valence-electron chi connectivity index (χ2n) is 5.55. The molecule has 0 saturated heterocycles. The van der Waals surface area contributed by atoms with E-state index in [-0.39, 0.29) is 18.3 Å². The van der Waals surface area contributed by atoms with E-state index in [1.54, 1.807) is 24.5 Å². The minimum atomic E-state index is -0.242. The van der Waals surface area contributed by atoms with Crippen molar-refractivity contribution in [2.75, 3.05) is 26.9 Å². The van der Waals surface area contributed by atoms with Crippen molar-refractivity contribution in [3.05, 3.63) is 47.9 Å². The van der Waals surface area contributed by atoms with Crippen molar-refractivity contribution < 1.29 is 28.2 Å². The minimum Gasteiger partial charge on any atom is -0.493 e. The molecule has 7 heteroatoms. The van der Waals surface area contributed by atoms with E-state index in [0.717, 1.165) is 5.76 Å². The molecule has 0 spiro atoms. The smallest absolute Gasteiger partial charge is 0.257 e. The number of furan rings is 1. The fourth-order valence-corrected chi connectivity index (χ4v) is 2.17. The van der Waals surface area contributed by atoms with Gasteiger partial charge in [-0.25, -0.2) is 0 Å². The van der Waals surface area contributed by atoms with E-state index >= 15 is 0 Å². The highest BCUT2D eigenvalue weighted by molar-refractivity contribution is 5.94. The lowest BCUT2D eigenvalue weighted by Crippen LogP contribution is -2.30. The van der Waals surface area contributed by atoms with Crippen molar-refractivity contribution in [1.82, 2.24) is 5.32 Å². The number of benzene rings is 1. The zero-order valence-electron chi connectivity index (χ0n) is 14.9. The van der Waals surface area contributed by atoms with Gasteiger partial charge in [-0.3, -0.25) is 9.59 Å². The summed E-state index contributed by atoms with van der Waals surface area (Å²) >= 11 is 0. The molecule has 7 nitrogen and oxygen atoms in total. The number of rotatable bonds is 11. The number of amides is 1. The molecule has 140 valence electrons. The highest BCUT2D eigenvalue weighted by atomic mass is 16.5. The van der Waals surface area contributed by atoms with Crippen LogP contribution in [0.5, 0.6) is 11.5 Å². The van der Waals surface area contributed by atoms with E-state index in [9.17, 15) is 9.59 Å². The van der Waals surface area contributed by atoms with Crippen LogP contribution in [0.25, 0.3) is 0 Å². The molecule has 1 amide bonds. The fraction of sp³-hybridized carbons (Fsp3) is 0.368. The van der Waals surface area contributed by atoms with E-state index in [2.05, 4.69) is 5.32 Å². The first-order valence-electron chi connectivity index (χ1n) is 8.28. The fourth-order valence-electron chi connectivity index (χ4n) is 2.17. The standard InChI is InChI=1S/C19H23NO6/c1-14(21)15-6-7-17(18(11-15)23-2)26-13-19(22)20-8-4-9-24-12-16-5-3-10-25-16/h3,5-7,10-11H,4,8-9,12-13H2,1-2H3,(H,20,22). The largest absolute Gasteiger partial charge is 0.493 e. The number of hydrogen-bond acceptors (Lipinski definition) is 6. The van der Waals surface area contributed by atoms with Crippen LogP contribution in [0.15, 0.2) is 41.0 Å². The van der Waals surface area contributed by atoms with Crippen LogP contribution >= 0.6 is 0 Å². The van der Waals surface area contributed by atoms with Crippen molar-refractivity contribution >= 4 is 11.7 Å². The summed E-state index contributed by atoms with van der Waals surface area (Å²) in [5, 5.41) is 2.75. The molecule has 1 aromatic carbocycles. The van der Waals surface area contributed by atoms with Gasteiger partial charge in [0.05, 0.1) is 13.4 Å². The number of carbonyl (C=O) groups excluding carboxylic acids is 2. The molecule has 0 bridgehead atoms. The van der Waals surface area contributed by atoms with Gasteiger partial charge in [0, 0.05) is 18.7 Å². The number of ether oxygens (including phenoxy) is 3. The molecule has 0 atom stereocenters. The summed E-state index contributed by atoms with van der Waals surface area (Å²) in [6, 6.07) is 8.49. The van der Waals surface area contributed by atoms with Crippen molar-refractivity contribution in [2.24, 2.45) is 0 Å². The number of methoxy groups -OCH3 is 1. The van der Waals surface area contributed by atoms with Gasteiger partial charge in [-0.2, -0.15) is 0 Å². The van der Waals surface area contributed by atoms with Crippen LogP contribution in [0.1, 0.15) is 29.5 Å².